The Balaban J connectivity index is 2.01. The summed E-state index contributed by atoms with van der Waals surface area (Å²) in [6.07, 6.45) is 0. The number of ether oxygens (including phenoxy) is 1. The number of fused-ring (bicyclic) bond motifs is 1. The van der Waals surface area contributed by atoms with E-state index < -0.39 is 0 Å². The molecule has 0 radical (unpaired) electrons. The van der Waals surface area contributed by atoms with E-state index in [9.17, 15) is 9.18 Å². The number of amides is 1. The summed E-state index contributed by atoms with van der Waals surface area (Å²) in [5.41, 5.74) is 0.644. The maximum absolute atomic E-state index is 14.3. The van der Waals surface area contributed by atoms with Gasteiger partial charge in [0.05, 0.1) is 18.0 Å². The Morgan fingerprint density at radius 3 is 2.79 bits per heavy atom. The standard InChI is InChI=1S/C18H18FNO2S2/c1-3-20(10-12-6-5-9-23-12)18(21)17-13(11-22-2)16-14(19)7-4-8-15(16)24-17/h4-9H,3,10-11H2,1-2H3. The summed E-state index contributed by atoms with van der Waals surface area (Å²) in [4.78, 5) is 16.5. The zero-order valence-electron chi connectivity index (χ0n) is 13.5. The highest BCUT2D eigenvalue weighted by Crippen LogP contribution is 2.34. The summed E-state index contributed by atoms with van der Waals surface area (Å²) >= 11 is 2.96. The molecule has 3 aromatic rings. The van der Waals surface area contributed by atoms with E-state index in [0.29, 0.717) is 28.9 Å². The summed E-state index contributed by atoms with van der Waals surface area (Å²) in [5.74, 6) is -0.380. The third-order valence-electron chi connectivity index (χ3n) is 3.84. The second-order valence-electron chi connectivity index (χ2n) is 5.35. The molecule has 0 fully saturated rings. The molecule has 0 spiro atoms. The van der Waals surface area contributed by atoms with Crippen molar-refractivity contribution in [2.45, 2.75) is 20.1 Å². The Bertz CT molecular complexity index is 842. The van der Waals surface area contributed by atoms with Crippen LogP contribution < -0.4 is 0 Å². The summed E-state index contributed by atoms with van der Waals surface area (Å²) in [6, 6.07) is 8.92. The van der Waals surface area contributed by atoms with Gasteiger partial charge in [-0.2, -0.15) is 0 Å². The highest BCUT2D eigenvalue weighted by atomic mass is 32.1. The monoisotopic (exact) mass is 363 g/mol. The van der Waals surface area contributed by atoms with E-state index in [-0.39, 0.29) is 18.3 Å². The Morgan fingerprint density at radius 1 is 1.29 bits per heavy atom. The number of thiophene rings is 2. The number of carbonyl (C=O) groups is 1. The molecular formula is C18H18FNO2S2. The summed E-state index contributed by atoms with van der Waals surface area (Å²) < 4.78 is 20.3. The second kappa shape index (κ2) is 7.42. The Morgan fingerprint density at radius 2 is 2.12 bits per heavy atom. The maximum atomic E-state index is 14.3. The molecule has 0 aliphatic carbocycles. The largest absolute Gasteiger partial charge is 0.380 e. The number of hydrogen-bond donors (Lipinski definition) is 0. The smallest absolute Gasteiger partial charge is 0.264 e. The molecular weight excluding hydrogens is 345 g/mol. The number of rotatable bonds is 6. The number of hydrogen-bond acceptors (Lipinski definition) is 4. The van der Waals surface area contributed by atoms with Crippen LogP contribution in [0.15, 0.2) is 35.7 Å². The molecule has 126 valence electrons. The number of methoxy groups -OCH3 is 1. The van der Waals surface area contributed by atoms with Gasteiger partial charge in [0.2, 0.25) is 0 Å². The van der Waals surface area contributed by atoms with Crippen LogP contribution in [-0.2, 0) is 17.9 Å². The van der Waals surface area contributed by atoms with E-state index in [1.807, 2.05) is 30.5 Å². The van der Waals surface area contributed by atoms with Crippen LogP contribution in [0, 0.1) is 5.82 Å². The fourth-order valence-corrected chi connectivity index (χ4v) is 4.59. The Kier molecular flexibility index (Phi) is 5.28. The minimum atomic E-state index is -0.309. The number of nitrogens with zero attached hydrogens (tertiary/aromatic N) is 1. The van der Waals surface area contributed by atoms with Gasteiger partial charge in [-0.25, -0.2) is 4.39 Å². The van der Waals surface area contributed by atoms with E-state index >= 15 is 0 Å². The van der Waals surface area contributed by atoms with Crippen molar-refractivity contribution >= 4 is 38.7 Å². The van der Waals surface area contributed by atoms with E-state index in [1.54, 1.807) is 29.4 Å². The van der Waals surface area contributed by atoms with Gasteiger partial charge in [-0.1, -0.05) is 12.1 Å². The zero-order valence-corrected chi connectivity index (χ0v) is 15.2. The quantitative estimate of drug-likeness (QED) is 0.623. The third-order valence-corrected chi connectivity index (χ3v) is 5.89. The van der Waals surface area contributed by atoms with Gasteiger partial charge in [0.25, 0.3) is 5.91 Å². The number of benzene rings is 1. The van der Waals surface area contributed by atoms with Gasteiger partial charge in [0.15, 0.2) is 0 Å². The van der Waals surface area contributed by atoms with Gasteiger partial charge in [0, 0.05) is 34.2 Å². The van der Waals surface area contributed by atoms with Crippen molar-refractivity contribution in [2.24, 2.45) is 0 Å². The Labute approximate surface area is 148 Å². The van der Waals surface area contributed by atoms with Crippen molar-refractivity contribution < 1.29 is 13.9 Å². The van der Waals surface area contributed by atoms with Crippen LogP contribution >= 0.6 is 22.7 Å². The van der Waals surface area contributed by atoms with Crippen LogP contribution in [-0.4, -0.2) is 24.5 Å². The first-order chi connectivity index (χ1) is 11.7. The van der Waals surface area contributed by atoms with Crippen molar-refractivity contribution in [3.8, 4) is 0 Å². The van der Waals surface area contributed by atoms with Gasteiger partial charge in [0.1, 0.15) is 5.82 Å². The van der Waals surface area contributed by atoms with Crippen molar-refractivity contribution in [3.05, 3.63) is 56.8 Å². The van der Waals surface area contributed by atoms with Crippen LogP contribution in [0.4, 0.5) is 4.39 Å². The first-order valence-electron chi connectivity index (χ1n) is 7.66. The van der Waals surface area contributed by atoms with E-state index in [2.05, 4.69) is 0 Å². The Hall–Kier alpha value is -1.76. The van der Waals surface area contributed by atoms with E-state index in [4.69, 9.17) is 4.74 Å². The third kappa shape index (κ3) is 3.22. The van der Waals surface area contributed by atoms with Crippen molar-refractivity contribution in [2.75, 3.05) is 13.7 Å². The van der Waals surface area contributed by atoms with Crippen LogP contribution in [0.5, 0.6) is 0 Å². The van der Waals surface area contributed by atoms with Crippen LogP contribution in [0.3, 0.4) is 0 Å². The first-order valence-corrected chi connectivity index (χ1v) is 9.35. The molecule has 3 nitrogen and oxygen atoms in total. The van der Waals surface area contributed by atoms with Crippen LogP contribution in [0.1, 0.15) is 27.0 Å². The lowest BCUT2D eigenvalue weighted by Gasteiger charge is -2.20. The molecule has 0 N–H and O–H groups in total. The van der Waals surface area contributed by atoms with E-state index in [0.717, 1.165) is 9.58 Å². The summed E-state index contributed by atoms with van der Waals surface area (Å²) in [7, 11) is 1.56. The van der Waals surface area contributed by atoms with Crippen molar-refractivity contribution in [1.82, 2.24) is 4.90 Å². The molecule has 0 unspecified atom stereocenters. The average Bonchev–Trinajstić information content (AvgIpc) is 3.21. The summed E-state index contributed by atoms with van der Waals surface area (Å²) in [6.45, 7) is 3.34. The van der Waals surface area contributed by atoms with Crippen LogP contribution in [0.2, 0.25) is 0 Å². The van der Waals surface area contributed by atoms with Gasteiger partial charge in [-0.05, 0) is 30.5 Å². The molecule has 2 aromatic heterocycles. The van der Waals surface area contributed by atoms with Gasteiger partial charge >= 0.3 is 0 Å². The van der Waals surface area contributed by atoms with Gasteiger partial charge in [-0.3, -0.25) is 4.79 Å². The second-order valence-corrected chi connectivity index (χ2v) is 7.44. The molecule has 1 amide bonds. The summed E-state index contributed by atoms with van der Waals surface area (Å²) in [5, 5.41) is 2.50. The predicted molar refractivity (Wildman–Crippen MR) is 97.2 cm³/mol. The van der Waals surface area contributed by atoms with E-state index in [1.165, 1.54) is 17.4 Å². The predicted octanol–water partition coefficient (Wildman–Crippen LogP) is 4.91. The van der Waals surface area contributed by atoms with Gasteiger partial charge in [-0.15, -0.1) is 22.7 Å². The molecule has 24 heavy (non-hydrogen) atoms. The molecule has 1 aromatic carbocycles. The highest BCUT2D eigenvalue weighted by Gasteiger charge is 2.24. The lowest BCUT2D eigenvalue weighted by atomic mass is 10.1. The van der Waals surface area contributed by atoms with Crippen molar-refractivity contribution in [3.63, 3.8) is 0 Å². The number of carbonyl (C=O) groups excluding carboxylic acids is 1. The topological polar surface area (TPSA) is 29.5 Å². The van der Waals surface area contributed by atoms with Crippen LogP contribution in [0.25, 0.3) is 10.1 Å². The minimum absolute atomic E-state index is 0.0708. The number of halogens is 1. The fourth-order valence-electron chi connectivity index (χ4n) is 2.68. The average molecular weight is 363 g/mol. The molecule has 2 heterocycles. The molecule has 0 atom stereocenters. The van der Waals surface area contributed by atoms with Gasteiger partial charge < -0.3 is 9.64 Å². The molecule has 0 aliphatic heterocycles. The minimum Gasteiger partial charge on any atom is -0.380 e. The molecule has 0 saturated heterocycles. The molecule has 3 rings (SSSR count). The lowest BCUT2D eigenvalue weighted by Crippen LogP contribution is -2.30. The first kappa shape index (κ1) is 17.1. The molecule has 0 saturated carbocycles. The van der Waals surface area contributed by atoms with Crippen molar-refractivity contribution in [1.29, 1.82) is 0 Å². The highest BCUT2D eigenvalue weighted by molar-refractivity contribution is 7.21. The lowest BCUT2D eigenvalue weighted by molar-refractivity contribution is 0.0755. The fraction of sp³-hybridized carbons (Fsp3) is 0.278. The SMILES string of the molecule is CCN(Cc1cccs1)C(=O)c1sc2cccc(F)c2c1COC. The maximum Gasteiger partial charge on any atom is 0.264 e. The molecule has 0 bridgehead atoms. The normalized spacial score (nSPS) is 11.1. The molecule has 0 aliphatic rings. The zero-order chi connectivity index (χ0) is 17.1. The molecule has 6 heteroatoms.